The molecule has 0 atom stereocenters. The minimum absolute atomic E-state index is 0.824. The minimum atomic E-state index is 0.824. The molecule has 1 aliphatic heterocycles. The zero-order valence-corrected chi connectivity index (χ0v) is 10.1. The Hall–Kier alpha value is -1.55. The van der Waals surface area contributed by atoms with Crippen LogP contribution in [0.25, 0.3) is 5.52 Å². The van der Waals surface area contributed by atoms with Gasteiger partial charge in [-0.3, -0.25) is 0 Å². The van der Waals surface area contributed by atoms with E-state index in [1.54, 1.807) is 0 Å². The van der Waals surface area contributed by atoms with Gasteiger partial charge in [0.25, 0.3) is 0 Å². The van der Waals surface area contributed by atoms with Gasteiger partial charge in [-0.2, -0.15) is 5.10 Å². The smallest absolute Gasteiger partial charge is 0.0714 e. The predicted octanol–water partition coefficient (Wildman–Crippen LogP) is 1.73. The number of rotatable bonds is 2. The van der Waals surface area contributed by atoms with Crippen molar-refractivity contribution in [2.45, 2.75) is 13.3 Å². The molecule has 90 valence electrons. The van der Waals surface area contributed by atoms with E-state index >= 15 is 0 Å². The monoisotopic (exact) mass is 231 g/mol. The van der Waals surface area contributed by atoms with E-state index < -0.39 is 0 Å². The number of aromatic nitrogens is 2. The topological polar surface area (TPSA) is 29.8 Å². The Morgan fingerprint density at radius 3 is 2.94 bits per heavy atom. The molecule has 0 unspecified atom stereocenters. The number of hydrogen-bond acceptors (Lipinski definition) is 3. The molecule has 1 fully saturated rings. The summed E-state index contributed by atoms with van der Waals surface area (Å²) in [5.74, 6) is 0. The molecule has 2 aromatic rings. The highest BCUT2D eigenvalue weighted by Crippen LogP contribution is 2.20. The zero-order valence-electron chi connectivity index (χ0n) is 10.1. The van der Waals surface area contributed by atoms with E-state index in [0.29, 0.717) is 0 Å². The third kappa shape index (κ3) is 1.89. The highest BCUT2D eigenvalue weighted by atomic mass is 16.5. The summed E-state index contributed by atoms with van der Waals surface area (Å²) in [4.78, 5) is 2.37. The highest BCUT2D eigenvalue weighted by molar-refractivity contribution is 5.63. The fraction of sp³-hybridized carbons (Fsp3) is 0.462. The number of nitrogens with zero attached hydrogens (tertiary/aromatic N) is 3. The van der Waals surface area contributed by atoms with E-state index in [0.717, 1.165) is 32.7 Å². The first kappa shape index (κ1) is 10.6. The van der Waals surface area contributed by atoms with Gasteiger partial charge in [0.1, 0.15) is 0 Å². The number of ether oxygens (including phenoxy) is 1. The molecule has 0 aliphatic carbocycles. The van der Waals surface area contributed by atoms with Crippen molar-refractivity contribution >= 4 is 11.2 Å². The summed E-state index contributed by atoms with van der Waals surface area (Å²) < 4.78 is 7.33. The van der Waals surface area contributed by atoms with Crippen LogP contribution in [0.4, 0.5) is 5.69 Å². The average Bonchev–Trinajstić information content (AvgIpc) is 2.81. The lowest BCUT2D eigenvalue weighted by molar-refractivity contribution is 0.122. The van der Waals surface area contributed by atoms with Crippen LogP contribution in [0, 0.1) is 0 Å². The number of morpholine rings is 1. The maximum absolute atomic E-state index is 5.38. The van der Waals surface area contributed by atoms with Gasteiger partial charge in [0.2, 0.25) is 0 Å². The zero-order chi connectivity index (χ0) is 11.7. The number of aryl methyl sites for hydroxylation is 1. The molecular formula is C13H17N3O. The largest absolute Gasteiger partial charge is 0.378 e. The Morgan fingerprint density at radius 2 is 2.18 bits per heavy atom. The van der Waals surface area contributed by atoms with Gasteiger partial charge in [-0.25, -0.2) is 4.52 Å². The molecule has 0 amide bonds. The SMILES string of the molecule is CCc1cnn2ccc(N3CCOCC3)cc12. The molecule has 0 radical (unpaired) electrons. The van der Waals surface area contributed by atoms with Gasteiger partial charge in [-0.1, -0.05) is 6.92 Å². The van der Waals surface area contributed by atoms with E-state index in [4.69, 9.17) is 4.74 Å². The summed E-state index contributed by atoms with van der Waals surface area (Å²) in [7, 11) is 0. The van der Waals surface area contributed by atoms with Crippen LogP contribution in [0.3, 0.4) is 0 Å². The third-order valence-corrected chi connectivity index (χ3v) is 3.34. The molecule has 1 saturated heterocycles. The summed E-state index contributed by atoms with van der Waals surface area (Å²) in [5.41, 5.74) is 3.80. The van der Waals surface area contributed by atoms with E-state index in [1.807, 2.05) is 16.9 Å². The van der Waals surface area contributed by atoms with Gasteiger partial charge in [0.15, 0.2) is 0 Å². The van der Waals surface area contributed by atoms with E-state index in [9.17, 15) is 0 Å². The number of fused-ring (bicyclic) bond motifs is 1. The molecule has 1 aliphatic rings. The second kappa shape index (κ2) is 4.37. The second-order valence-corrected chi connectivity index (χ2v) is 4.34. The van der Waals surface area contributed by atoms with Gasteiger partial charge in [0.05, 0.1) is 24.9 Å². The fourth-order valence-corrected chi connectivity index (χ4v) is 2.31. The maximum atomic E-state index is 5.38. The van der Waals surface area contributed by atoms with Crippen LogP contribution in [-0.2, 0) is 11.2 Å². The maximum Gasteiger partial charge on any atom is 0.0714 e. The van der Waals surface area contributed by atoms with Crippen molar-refractivity contribution in [1.29, 1.82) is 0 Å². The molecule has 3 heterocycles. The summed E-state index contributed by atoms with van der Waals surface area (Å²) in [6.07, 6.45) is 5.02. The first-order valence-electron chi connectivity index (χ1n) is 6.17. The molecule has 2 aromatic heterocycles. The van der Waals surface area contributed by atoms with Crippen LogP contribution in [0.2, 0.25) is 0 Å². The lowest BCUT2D eigenvalue weighted by Crippen LogP contribution is -2.36. The van der Waals surface area contributed by atoms with Crippen molar-refractivity contribution < 1.29 is 4.74 Å². The summed E-state index contributed by atoms with van der Waals surface area (Å²) in [6.45, 7) is 5.77. The Balaban J connectivity index is 1.99. The molecule has 0 bridgehead atoms. The first-order chi connectivity index (χ1) is 8.38. The van der Waals surface area contributed by atoms with E-state index in [1.165, 1.54) is 16.8 Å². The molecule has 0 saturated carbocycles. The van der Waals surface area contributed by atoms with Gasteiger partial charge in [-0.15, -0.1) is 0 Å². The molecule has 0 spiro atoms. The van der Waals surface area contributed by atoms with E-state index in [-0.39, 0.29) is 0 Å². The van der Waals surface area contributed by atoms with Gasteiger partial charge in [0, 0.05) is 25.0 Å². The normalized spacial score (nSPS) is 16.6. The van der Waals surface area contributed by atoms with Gasteiger partial charge >= 0.3 is 0 Å². The van der Waals surface area contributed by atoms with Crippen LogP contribution in [0.15, 0.2) is 24.5 Å². The quantitative estimate of drug-likeness (QED) is 0.788. The van der Waals surface area contributed by atoms with Crippen LogP contribution in [0.1, 0.15) is 12.5 Å². The number of hydrogen-bond donors (Lipinski definition) is 0. The van der Waals surface area contributed by atoms with Gasteiger partial charge < -0.3 is 9.64 Å². The summed E-state index contributed by atoms with van der Waals surface area (Å²) in [6, 6.07) is 4.36. The molecule has 0 N–H and O–H groups in total. The van der Waals surface area contributed by atoms with Crippen LogP contribution >= 0.6 is 0 Å². The van der Waals surface area contributed by atoms with Crippen LogP contribution in [-0.4, -0.2) is 35.9 Å². The molecular weight excluding hydrogens is 214 g/mol. The number of anilines is 1. The standard InChI is InChI=1S/C13H17N3O/c1-2-11-10-14-16-4-3-12(9-13(11)16)15-5-7-17-8-6-15/h3-4,9-10H,2,5-8H2,1H3. The lowest BCUT2D eigenvalue weighted by atomic mass is 10.2. The summed E-state index contributed by atoms with van der Waals surface area (Å²) in [5, 5.41) is 4.35. The fourth-order valence-electron chi connectivity index (χ4n) is 2.31. The molecule has 17 heavy (non-hydrogen) atoms. The van der Waals surface area contributed by atoms with Crippen LogP contribution < -0.4 is 4.90 Å². The second-order valence-electron chi connectivity index (χ2n) is 4.34. The Bertz CT molecular complexity index is 514. The van der Waals surface area contributed by atoms with Crippen molar-refractivity contribution in [3.63, 3.8) is 0 Å². The molecule has 0 aromatic carbocycles. The average molecular weight is 231 g/mol. The van der Waals surface area contributed by atoms with Gasteiger partial charge in [-0.05, 0) is 24.1 Å². The molecule has 4 nitrogen and oxygen atoms in total. The van der Waals surface area contributed by atoms with E-state index in [2.05, 4.69) is 29.1 Å². The van der Waals surface area contributed by atoms with Crippen molar-refractivity contribution in [2.75, 3.05) is 31.2 Å². The first-order valence-corrected chi connectivity index (χ1v) is 6.17. The Kier molecular flexibility index (Phi) is 2.73. The minimum Gasteiger partial charge on any atom is -0.378 e. The highest BCUT2D eigenvalue weighted by Gasteiger charge is 2.12. The third-order valence-electron chi connectivity index (χ3n) is 3.34. The summed E-state index contributed by atoms with van der Waals surface area (Å²) >= 11 is 0. The van der Waals surface area contributed by atoms with Crippen molar-refractivity contribution in [3.8, 4) is 0 Å². The molecule has 3 rings (SSSR count). The van der Waals surface area contributed by atoms with Crippen LogP contribution in [0.5, 0.6) is 0 Å². The molecule has 4 heteroatoms. The van der Waals surface area contributed by atoms with Crippen molar-refractivity contribution in [1.82, 2.24) is 9.61 Å². The Morgan fingerprint density at radius 1 is 1.35 bits per heavy atom. The Labute approximate surface area is 101 Å². The predicted molar refractivity (Wildman–Crippen MR) is 67.6 cm³/mol. The number of pyridine rings is 1. The lowest BCUT2D eigenvalue weighted by Gasteiger charge is -2.28. The van der Waals surface area contributed by atoms with Crippen molar-refractivity contribution in [2.24, 2.45) is 0 Å². The van der Waals surface area contributed by atoms with Crippen molar-refractivity contribution in [3.05, 3.63) is 30.1 Å².